The summed E-state index contributed by atoms with van der Waals surface area (Å²) in [6.45, 7) is 2.17. The topological polar surface area (TPSA) is 44.7 Å². The zero-order valence-corrected chi connectivity index (χ0v) is 9.52. The van der Waals surface area contributed by atoms with Crippen molar-refractivity contribution in [3.63, 3.8) is 0 Å². The van der Waals surface area contributed by atoms with Crippen LogP contribution in [0.2, 0.25) is 0 Å². The molecule has 0 radical (unpaired) electrons. The summed E-state index contributed by atoms with van der Waals surface area (Å²) in [5.41, 5.74) is 2.78. The van der Waals surface area contributed by atoms with E-state index in [1.165, 1.54) is 0 Å². The highest BCUT2D eigenvalue weighted by Crippen LogP contribution is 2.21. The number of piperidine rings is 1. The van der Waals surface area contributed by atoms with Crippen LogP contribution >= 0.6 is 0 Å². The maximum Gasteiger partial charge on any atom is 0.121 e. The Kier molecular flexibility index (Phi) is 3.64. The van der Waals surface area contributed by atoms with Crippen LogP contribution in [-0.2, 0) is 0 Å². The Hall–Kier alpha value is -1.26. The first-order valence-electron chi connectivity index (χ1n) is 5.63. The van der Waals surface area contributed by atoms with Crippen LogP contribution in [-0.4, -0.2) is 36.3 Å². The van der Waals surface area contributed by atoms with Crippen LogP contribution in [0.15, 0.2) is 24.3 Å². The van der Waals surface area contributed by atoms with E-state index in [1.807, 2.05) is 12.1 Å². The summed E-state index contributed by atoms with van der Waals surface area (Å²) >= 11 is 0. The Labute approximate surface area is 95.8 Å². The van der Waals surface area contributed by atoms with Crippen molar-refractivity contribution in [1.29, 1.82) is 0 Å². The lowest BCUT2D eigenvalue weighted by atomic mass is 10.1. The Morgan fingerprint density at radius 2 is 2.12 bits per heavy atom. The van der Waals surface area contributed by atoms with Crippen molar-refractivity contribution in [3.05, 3.63) is 24.3 Å². The summed E-state index contributed by atoms with van der Waals surface area (Å²) in [7, 11) is 2.13. The highest BCUT2D eigenvalue weighted by atomic mass is 16.5. The summed E-state index contributed by atoms with van der Waals surface area (Å²) < 4.78 is 5.87. The second-order valence-electron chi connectivity index (χ2n) is 4.26. The summed E-state index contributed by atoms with van der Waals surface area (Å²) in [6, 6.07) is 7.38. The predicted octanol–water partition coefficient (Wildman–Crippen LogP) is 1.96. The first kappa shape index (κ1) is 11.2. The highest BCUT2D eigenvalue weighted by molar-refractivity contribution is 5.46. The molecule has 2 rings (SSSR count). The van der Waals surface area contributed by atoms with Crippen LogP contribution in [0.1, 0.15) is 12.8 Å². The molecule has 2 N–H and O–H groups in total. The van der Waals surface area contributed by atoms with Crippen LogP contribution in [0.5, 0.6) is 5.75 Å². The average molecular weight is 222 g/mol. The normalized spacial score (nSPS) is 18.4. The van der Waals surface area contributed by atoms with Gasteiger partial charge < -0.3 is 9.64 Å². The van der Waals surface area contributed by atoms with Gasteiger partial charge in [-0.25, -0.2) is 0 Å². The van der Waals surface area contributed by atoms with E-state index in [1.54, 1.807) is 12.1 Å². The van der Waals surface area contributed by atoms with Gasteiger partial charge >= 0.3 is 0 Å². The summed E-state index contributed by atoms with van der Waals surface area (Å²) in [5, 5.41) is 8.79. The third-order valence-corrected chi connectivity index (χ3v) is 2.93. The fraction of sp³-hybridized carbons (Fsp3) is 0.500. The molecule has 1 saturated heterocycles. The van der Waals surface area contributed by atoms with E-state index in [2.05, 4.69) is 17.4 Å². The molecule has 88 valence electrons. The van der Waals surface area contributed by atoms with E-state index >= 15 is 0 Å². The van der Waals surface area contributed by atoms with Crippen LogP contribution in [0.25, 0.3) is 0 Å². The van der Waals surface area contributed by atoms with Crippen molar-refractivity contribution in [2.45, 2.75) is 18.9 Å². The number of benzene rings is 1. The standard InChI is InChI=1S/C12H18N2O2/c1-14-7-5-11(6-8-14)16-12-4-2-3-10(9-12)13-15/h2-4,9,11,13,15H,5-8H2,1H3. The molecule has 1 heterocycles. The minimum atomic E-state index is 0.296. The van der Waals surface area contributed by atoms with Gasteiger partial charge in [0, 0.05) is 19.2 Å². The highest BCUT2D eigenvalue weighted by Gasteiger charge is 2.17. The molecule has 4 heteroatoms. The first-order chi connectivity index (χ1) is 7.78. The molecule has 1 aliphatic rings. The van der Waals surface area contributed by atoms with Crippen molar-refractivity contribution in [3.8, 4) is 5.75 Å². The number of nitrogens with zero attached hydrogens (tertiary/aromatic N) is 1. The Balaban J connectivity index is 1.93. The van der Waals surface area contributed by atoms with Gasteiger partial charge in [-0.3, -0.25) is 10.7 Å². The van der Waals surface area contributed by atoms with Gasteiger partial charge in [-0.2, -0.15) is 0 Å². The molecule has 0 aliphatic carbocycles. The van der Waals surface area contributed by atoms with Gasteiger partial charge in [-0.1, -0.05) is 6.07 Å². The number of hydrogen-bond donors (Lipinski definition) is 2. The van der Waals surface area contributed by atoms with E-state index in [-0.39, 0.29) is 0 Å². The number of hydrogen-bond acceptors (Lipinski definition) is 4. The minimum absolute atomic E-state index is 0.296. The third kappa shape index (κ3) is 2.87. The number of nitrogens with one attached hydrogen (secondary N) is 1. The summed E-state index contributed by atoms with van der Waals surface area (Å²) in [6.07, 6.45) is 2.42. The SMILES string of the molecule is CN1CCC(Oc2cccc(NO)c2)CC1. The molecule has 0 unspecified atom stereocenters. The lowest BCUT2D eigenvalue weighted by Gasteiger charge is -2.29. The van der Waals surface area contributed by atoms with Crippen molar-refractivity contribution in [2.24, 2.45) is 0 Å². The Morgan fingerprint density at radius 3 is 2.81 bits per heavy atom. The van der Waals surface area contributed by atoms with Gasteiger partial charge in [0.1, 0.15) is 11.9 Å². The molecule has 1 fully saturated rings. The fourth-order valence-corrected chi connectivity index (χ4v) is 1.93. The molecule has 0 amide bonds. The summed E-state index contributed by atoms with van der Waals surface area (Å²) in [4.78, 5) is 2.31. The van der Waals surface area contributed by atoms with Gasteiger partial charge in [0.25, 0.3) is 0 Å². The van der Waals surface area contributed by atoms with Gasteiger partial charge in [0.2, 0.25) is 0 Å². The lowest BCUT2D eigenvalue weighted by molar-refractivity contribution is 0.114. The molecule has 4 nitrogen and oxygen atoms in total. The quantitative estimate of drug-likeness (QED) is 0.767. The van der Waals surface area contributed by atoms with E-state index in [9.17, 15) is 0 Å². The number of anilines is 1. The second-order valence-corrected chi connectivity index (χ2v) is 4.26. The van der Waals surface area contributed by atoms with Crippen LogP contribution in [0.4, 0.5) is 5.69 Å². The maximum atomic E-state index is 8.79. The predicted molar refractivity (Wildman–Crippen MR) is 63.0 cm³/mol. The molecule has 0 atom stereocenters. The van der Waals surface area contributed by atoms with Crippen LogP contribution in [0, 0.1) is 0 Å². The zero-order chi connectivity index (χ0) is 11.4. The van der Waals surface area contributed by atoms with Crippen LogP contribution in [0.3, 0.4) is 0 Å². The van der Waals surface area contributed by atoms with Gasteiger partial charge in [-0.15, -0.1) is 0 Å². The van der Waals surface area contributed by atoms with E-state index < -0.39 is 0 Å². The van der Waals surface area contributed by atoms with Crippen LogP contribution < -0.4 is 10.2 Å². The number of rotatable bonds is 3. The third-order valence-electron chi connectivity index (χ3n) is 2.93. The largest absolute Gasteiger partial charge is 0.490 e. The second kappa shape index (κ2) is 5.18. The maximum absolute atomic E-state index is 8.79. The van der Waals surface area contributed by atoms with Gasteiger partial charge in [-0.05, 0) is 32.0 Å². The van der Waals surface area contributed by atoms with Crippen molar-refractivity contribution in [1.82, 2.24) is 4.90 Å². The number of ether oxygens (including phenoxy) is 1. The minimum Gasteiger partial charge on any atom is -0.490 e. The van der Waals surface area contributed by atoms with Gasteiger partial charge in [0.15, 0.2) is 0 Å². The smallest absolute Gasteiger partial charge is 0.121 e. The molecule has 1 aromatic carbocycles. The molecule has 1 aromatic rings. The van der Waals surface area contributed by atoms with E-state index in [0.717, 1.165) is 31.7 Å². The van der Waals surface area contributed by atoms with Crippen molar-refractivity contribution in [2.75, 3.05) is 25.6 Å². The van der Waals surface area contributed by atoms with Gasteiger partial charge in [0.05, 0.1) is 5.69 Å². The van der Waals surface area contributed by atoms with Crippen molar-refractivity contribution >= 4 is 5.69 Å². The molecule has 16 heavy (non-hydrogen) atoms. The van der Waals surface area contributed by atoms with E-state index in [4.69, 9.17) is 9.94 Å². The lowest BCUT2D eigenvalue weighted by Crippen LogP contribution is -2.35. The molecular formula is C12H18N2O2. The van der Waals surface area contributed by atoms with E-state index in [0.29, 0.717) is 11.8 Å². The molecule has 0 saturated carbocycles. The fourth-order valence-electron chi connectivity index (χ4n) is 1.93. The summed E-state index contributed by atoms with van der Waals surface area (Å²) in [5.74, 6) is 0.814. The number of likely N-dealkylation sites (tertiary alicyclic amines) is 1. The molecule has 1 aliphatic heterocycles. The first-order valence-corrected chi connectivity index (χ1v) is 5.63. The van der Waals surface area contributed by atoms with Crippen molar-refractivity contribution < 1.29 is 9.94 Å². The molecule has 0 bridgehead atoms. The Morgan fingerprint density at radius 1 is 1.38 bits per heavy atom. The molecule has 0 spiro atoms. The Bertz CT molecular complexity index is 336. The monoisotopic (exact) mass is 222 g/mol. The molecular weight excluding hydrogens is 204 g/mol. The average Bonchev–Trinajstić information content (AvgIpc) is 2.32. The molecule has 0 aromatic heterocycles. The zero-order valence-electron chi connectivity index (χ0n) is 9.52.